The molecule has 0 saturated heterocycles. The Morgan fingerprint density at radius 3 is 2.78 bits per heavy atom. The number of halogens is 1. The Hall–Kier alpha value is -1.56. The van der Waals surface area contributed by atoms with E-state index in [0.717, 1.165) is 12.3 Å². The number of hydrogen-bond acceptors (Lipinski definition) is 2. The molecule has 0 N–H and O–H groups in total. The molecule has 1 aromatic carbocycles. The van der Waals surface area contributed by atoms with E-state index in [4.69, 9.17) is 10.00 Å². The first kappa shape index (κ1) is 12.9. The lowest BCUT2D eigenvalue weighted by atomic mass is 9.87. The molecule has 1 aliphatic carbocycles. The highest BCUT2D eigenvalue weighted by molar-refractivity contribution is 5.43. The molecule has 2 nitrogen and oxygen atoms in total. The van der Waals surface area contributed by atoms with E-state index in [2.05, 4.69) is 0 Å². The van der Waals surface area contributed by atoms with Crippen molar-refractivity contribution in [2.45, 2.75) is 38.5 Å². The summed E-state index contributed by atoms with van der Waals surface area (Å²) in [4.78, 5) is 0. The normalized spacial score (nSPS) is 16.2. The summed E-state index contributed by atoms with van der Waals surface area (Å²) in [7, 11) is 0. The number of hydrogen-bond donors (Lipinski definition) is 0. The molecule has 0 unspecified atom stereocenters. The minimum atomic E-state index is -0.507. The van der Waals surface area contributed by atoms with E-state index in [1.807, 2.05) is 6.07 Å². The quantitative estimate of drug-likeness (QED) is 0.804. The number of nitriles is 1. The maximum atomic E-state index is 13.3. The van der Waals surface area contributed by atoms with Gasteiger partial charge in [-0.1, -0.05) is 38.2 Å². The van der Waals surface area contributed by atoms with Crippen molar-refractivity contribution in [1.29, 1.82) is 5.26 Å². The summed E-state index contributed by atoms with van der Waals surface area (Å²) in [6.07, 6.45) is 7.53. The van der Waals surface area contributed by atoms with Crippen molar-refractivity contribution in [3.63, 3.8) is 0 Å². The van der Waals surface area contributed by atoms with Crippen molar-refractivity contribution in [3.05, 3.63) is 29.6 Å². The van der Waals surface area contributed by atoms with Crippen LogP contribution in [0.2, 0.25) is 0 Å². The monoisotopic (exact) mass is 247 g/mol. The van der Waals surface area contributed by atoms with Gasteiger partial charge in [0.2, 0.25) is 0 Å². The molecule has 0 radical (unpaired) electrons. The van der Waals surface area contributed by atoms with Crippen LogP contribution < -0.4 is 4.74 Å². The summed E-state index contributed by atoms with van der Waals surface area (Å²) in [6, 6.07) is 6.37. The Kier molecular flexibility index (Phi) is 4.58. The first-order chi connectivity index (χ1) is 8.81. The molecule has 0 aromatic heterocycles. The van der Waals surface area contributed by atoms with Gasteiger partial charge in [0.25, 0.3) is 0 Å². The standard InChI is InChI=1S/C15H18FNO/c16-14-7-4-8-15(13(14)11-17)18-10-9-12-5-2-1-3-6-12/h4,7-8,12H,1-3,5-6,9-10H2. The minimum Gasteiger partial charge on any atom is -0.492 e. The highest BCUT2D eigenvalue weighted by Gasteiger charge is 2.14. The highest BCUT2D eigenvalue weighted by atomic mass is 19.1. The maximum Gasteiger partial charge on any atom is 0.144 e. The van der Waals surface area contributed by atoms with Gasteiger partial charge in [0.15, 0.2) is 0 Å². The molecule has 0 aliphatic heterocycles. The Morgan fingerprint density at radius 2 is 2.06 bits per heavy atom. The second-order valence-electron chi connectivity index (χ2n) is 4.87. The van der Waals surface area contributed by atoms with Gasteiger partial charge in [-0.25, -0.2) is 4.39 Å². The molecule has 0 spiro atoms. The molecule has 96 valence electrons. The van der Waals surface area contributed by atoms with Crippen LogP contribution in [-0.4, -0.2) is 6.61 Å². The van der Waals surface area contributed by atoms with Crippen molar-refractivity contribution in [3.8, 4) is 11.8 Å². The molecule has 18 heavy (non-hydrogen) atoms. The van der Waals surface area contributed by atoms with Gasteiger partial charge in [-0.15, -0.1) is 0 Å². The molecular formula is C15H18FNO. The molecule has 1 aliphatic rings. The van der Waals surface area contributed by atoms with Crippen molar-refractivity contribution >= 4 is 0 Å². The maximum absolute atomic E-state index is 13.3. The topological polar surface area (TPSA) is 33.0 Å². The third-order valence-corrected chi connectivity index (χ3v) is 3.60. The predicted octanol–water partition coefficient (Wildman–Crippen LogP) is 4.05. The largest absolute Gasteiger partial charge is 0.492 e. The number of ether oxygens (including phenoxy) is 1. The lowest BCUT2D eigenvalue weighted by molar-refractivity contribution is 0.245. The molecule has 0 amide bonds. The molecule has 1 fully saturated rings. The van der Waals surface area contributed by atoms with Crippen molar-refractivity contribution in [2.24, 2.45) is 5.92 Å². The van der Waals surface area contributed by atoms with Gasteiger partial charge in [-0.3, -0.25) is 0 Å². The molecule has 0 bridgehead atoms. The third-order valence-electron chi connectivity index (χ3n) is 3.60. The van der Waals surface area contributed by atoms with E-state index < -0.39 is 5.82 Å². The van der Waals surface area contributed by atoms with Crippen LogP contribution in [0.25, 0.3) is 0 Å². The van der Waals surface area contributed by atoms with Gasteiger partial charge < -0.3 is 4.74 Å². The molecule has 0 atom stereocenters. The van der Waals surface area contributed by atoms with E-state index in [0.29, 0.717) is 12.4 Å². The number of benzene rings is 1. The van der Waals surface area contributed by atoms with Crippen LogP contribution in [0.15, 0.2) is 18.2 Å². The second-order valence-corrected chi connectivity index (χ2v) is 4.87. The third kappa shape index (κ3) is 3.22. The Balaban J connectivity index is 1.86. The Labute approximate surface area is 107 Å². The van der Waals surface area contributed by atoms with Crippen LogP contribution in [0.3, 0.4) is 0 Å². The van der Waals surface area contributed by atoms with E-state index in [-0.39, 0.29) is 5.56 Å². The van der Waals surface area contributed by atoms with Crippen molar-refractivity contribution < 1.29 is 9.13 Å². The summed E-state index contributed by atoms with van der Waals surface area (Å²) in [6.45, 7) is 0.572. The van der Waals surface area contributed by atoms with Crippen LogP contribution in [-0.2, 0) is 0 Å². The summed E-state index contributed by atoms with van der Waals surface area (Å²) in [5.74, 6) is 0.596. The van der Waals surface area contributed by atoms with Gasteiger partial charge in [-0.2, -0.15) is 5.26 Å². The van der Waals surface area contributed by atoms with Crippen LogP contribution in [0.4, 0.5) is 4.39 Å². The van der Waals surface area contributed by atoms with Crippen molar-refractivity contribution in [2.75, 3.05) is 6.61 Å². The summed E-state index contributed by atoms with van der Waals surface area (Å²) in [5.41, 5.74) is 0.0149. The van der Waals surface area contributed by atoms with Gasteiger partial charge in [0.05, 0.1) is 6.61 Å². The second kappa shape index (κ2) is 6.39. The average Bonchev–Trinajstić information content (AvgIpc) is 2.40. The zero-order chi connectivity index (χ0) is 12.8. The van der Waals surface area contributed by atoms with Gasteiger partial charge >= 0.3 is 0 Å². The van der Waals surface area contributed by atoms with E-state index in [9.17, 15) is 4.39 Å². The van der Waals surface area contributed by atoms with Crippen LogP contribution in [0.1, 0.15) is 44.1 Å². The van der Waals surface area contributed by atoms with Crippen LogP contribution >= 0.6 is 0 Å². The van der Waals surface area contributed by atoms with Gasteiger partial charge in [0.1, 0.15) is 23.2 Å². The molecule has 1 aromatic rings. The molecule has 3 heteroatoms. The molecular weight excluding hydrogens is 229 g/mol. The molecule has 2 rings (SSSR count). The minimum absolute atomic E-state index is 0.0149. The summed E-state index contributed by atoms with van der Waals surface area (Å²) >= 11 is 0. The zero-order valence-electron chi connectivity index (χ0n) is 10.5. The lowest BCUT2D eigenvalue weighted by Crippen LogP contribution is -2.11. The smallest absolute Gasteiger partial charge is 0.144 e. The number of nitrogens with zero attached hydrogens (tertiary/aromatic N) is 1. The van der Waals surface area contributed by atoms with Crippen LogP contribution in [0, 0.1) is 23.1 Å². The SMILES string of the molecule is N#Cc1c(F)cccc1OCCC1CCCCC1. The first-order valence-electron chi connectivity index (χ1n) is 6.62. The van der Waals surface area contributed by atoms with E-state index >= 15 is 0 Å². The van der Waals surface area contributed by atoms with Gasteiger partial charge in [0, 0.05) is 0 Å². The van der Waals surface area contributed by atoms with Gasteiger partial charge in [-0.05, 0) is 24.5 Å². The Bertz CT molecular complexity index is 433. The average molecular weight is 247 g/mol. The predicted molar refractivity (Wildman–Crippen MR) is 67.8 cm³/mol. The summed E-state index contributed by atoms with van der Waals surface area (Å²) in [5, 5.41) is 8.88. The Morgan fingerprint density at radius 1 is 1.28 bits per heavy atom. The van der Waals surface area contributed by atoms with E-state index in [1.165, 1.54) is 38.2 Å². The fourth-order valence-electron chi connectivity index (χ4n) is 2.54. The van der Waals surface area contributed by atoms with Crippen molar-refractivity contribution in [1.82, 2.24) is 0 Å². The molecule has 0 heterocycles. The van der Waals surface area contributed by atoms with Crippen LogP contribution in [0.5, 0.6) is 5.75 Å². The lowest BCUT2D eigenvalue weighted by Gasteiger charge is -2.21. The number of rotatable bonds is 4. The highest BCUT2D eigenvalue weighted by Crippen LogP contribution is 2.27. The first-order valence-corrected chi connectivity index (χ1v) is 6.62. The molecule has 1 saturated carbocycles. The zero-order valence-corrected chi connectivity index (χ0v) is 10.5. The van der Waals surface area contributed by atoms with E-state index in [1.54, 1.807) is 12.1 Å². The fraction of sp³-hybridized carbons (Fsp3) is 0.533. The fourth-order valence-corrected chi connectivity index (χ4v) is 2.54. The summed E-state index contributed by atoms with van der Waals surface area (Å²) < 4.78 is 18.9.